The molecule has 1 aromatic rings. The highest BCUT2D eigenvalue weighted by Crippen LogP contribution is 2.36. The third-order valence-corrected chi connectivity index (χ3v) is 6.92. The molecule has 3 heterocycles. The summed E-state index contributed by atoms with van der Waals surface area (Å²) in [5, 5.41) is 9.36. The van der Waals surface area contributed by atoms with E-state index in [9.17, 15) is 0 Å². The molecule has 146 valence electrons. The van der Waals surface area contributed by atoms with E-state index in [1.165, 1.54) is 50.3 Å². The molecule has 1 aromatic heterocycles. The van der Waals surface area contributed by atoms with Gasteiger partial charge in [-0.3, -0.25) is 9.89 Å². The van der Waals surface area contributed by atoms with Crippen LogP contribution >= 0.6 is 11.3 Å². The maximum absolute atomic E-state index is 4.45. The Hall–Kier alpha value is -1.11. The van der Waals surface area contributed by atoms with Crippen LogP contribution in [-0.4, -0.2) is 69.1 Å². The highest BCUT2D eigenvalue weighted by Gasteiger charge is 2.31. The highest BCUT2D eigenvalue weighted by atomic mass is 32.1. The molecule has 0 bridgehead atoms. The van der Waals surface area contributed by atoms with Crippen LogP contribution in [0.2, 0.25) is 0 Å². The quantitative estimate of drug-likeness (QED) is 0.591. The molecule has 2 fully saturated rings. The van der Waals surface area contributed by atoms with Crippen LogP contribution in [0.3, 0.4) is 0 Å². The van der Waals surface area contributed by atoms with Crippen molar-refractivity contribution < 1.29 is 0 Å². The molecule has 3 unspecified atom stereocenters. The Balaban J connectivity index is 1.49. The number of rotatable bonds is 6. The zero-order valence-corrected chi connectivity index (χ0v) is 17.4. The zero-order chi connectivity index (χ0) is 18.4. The number of guanidine groups is 1. The van der Waals surface area contributed by atoms with Crippen molar-refractivity contribution in [3.05, 3.63) is 22.4 Å². The number of nitrogens with one attached hydrogen (secondary N) is 2. The van der Waals surface area contributed by atoms with Gasteiger partial charge < -0.3 is 15.5 Å². The lowest BCUT2D eigenvalue weighted by molar-refractivity contribution is 0.125. The molecule has 2 aliphatic rings. The molecule has 2 aliphatic heterocycles. The van der Waals surface area contributed by atoms with Crippen molar-refractivity contribution in [1.82, 2.24) is 20.4 Å². The minimum atomic E-state index is 0.530. The van der Waals surface area contributed by atoms with Crippen LogP contribution in [-0.2, 0) is 0 Å². The van der Waals surface area contributed by atoms with Crippen molar-refractivity contribution in [2.75, 3.05) is 53.4 Å². The minimum absolute atomic E-state index is 0.530. The van der Waals surface area contributed by atoms with Crippen molar-refractivity contribution in [3.8, 4) is 0 Å². The van der Waals surface area contributed by atoms with Crippen molar-refractivity contribution in [1.29, 1.82) is 0 Å². The van der Waals surface area contributed by atoms with Gasteiger partial charge in [0.05, 0.1) is 0 Å². The van der Waals surface area contributed by atoms with Crippen LogP contribution in [0, 0.1) is 11.8 Å². The van der Waals surface area contributed by atoms with Gasteiger partial charge in [0.25, 0.3) is 0 Å². The second kappa shape index (κ2) is 9.72. The van der Waals surface area contributed by atoms with Gasteiger partial charge >= 0.3 is 0 Å². The Morgan fingerprint density at radius 1 is 1.27 bits per heavy atom. The Morgan fingerprint density at radius 2 is 2.12 bits per heavy atom. The molecule has 3 rings (SSSR count). The molecule has 2 N–H and O–H groups in total. The Kier molecular flexibility index (Phi) is 7.34. The van der Waals surface area contributed by atoms with Gasteiger partial charge in [-0.1, -0.05) is 13.0 Å². The van der Waals surface area contributed by atoms with Gasteiger partial charge in [-0.2, -0.15) is 0 Å². The number of hydrogen-bond donors (Lipinski definition) is 2. The van der Waals surface area contributed by atoms with Crippen LogP contribution < -0.4 is 10.6 Å². The van der Waals surface area contributed by atoms with E-state index in [-0.39, 0.29) is 0 Å². The van der Waals surface area contributed by atoms with Gasteiger partial charge in [0, 0.05) is 37.6 Å². The van der Waals surface area contributed by atoms with Gasteiger partial charge in [-0.05, 0) is 69.2 Å². The fourth-order valence-corrected chi connectivity index (χ4v) is 5.42. The topological polar surface area (TPSA) is 42.9 Å². The van der Waals surface area contributed by atoms with E-state index in [0.29, 0.717) is 12.0 Å². The first-order valence-corrected chi connectivity index (χ1v) is 11.0. The molecule has 6 heteroatoms. The molecular weight excluding hydrogens is 342 g/mol. The number of likely N-dealkylation sites (tertiary alicyclic amines) is 2. The summed E-state index contributed by atoms with van der Waals surface area (Å²) in [7, 11) is 4.15. The van der Waals surface area contributed by atoms with Crippen molar-refractivity contribution >= 4 is 17.3 Å². The van der Waals surface area contributed by atoms with Crippen LogP contribution in [0.5, 0.6) is 0 Å². The standard InChI is InChI=1S/C20H35N5S/c1-4-25-11-9-16(15-25)13-22-20(21-2)23-14-17-7-5-10-24(3)19(17)18-8-6-12-26-18/h6,8,12,16-17,19H,4-5,7,9-11,13-15H2,1-3H3,(H2,21,22,23). The van der Waals surface area contributed by atoms with E-state index in [1.54, 1.807) is 0 Å². The second-order valence-electron chi connectivity index (χ2n) is 7.73. The summed E-state index contributed by atoms with van der Waals surface area (Å²) in [5.41, 5.74) is 0. The number of thiophene rings is 1. The van der Waals surface area contributed by atoms with Crippen LogP contribution in [0.15, 0.2) is 22.5 Å². The van der Waals surface area contributed by atoms with E-state index >= 15 is 0 Å². The number of nitrogens with zero attached hydrogens (tertiary/aromatic N) is 3. The fourth-order valence-electron chi connectivity index (χ4n) is 4.44. The first-order chi connectivity index (χ1) is 12.7. The van der Waals surface area contributed by atoms with Gasteiger partial charge in [0.1, 0.15) is 0 Å². The molecule has 5 nitrogen and oxygen atoms in total. The van der Waals surface area contributed by atoms with E-state index in [2.05, 4.69) is 56.9 Å². The number of piperidine rings is 1. The van der Waals surface area contributed by atoms with Crippen LogP contribution in [0.4, 0.5) is 0 Å². The van der Waals surface area contributed by atoms with Gasteiger partial charge in [0.15, 0.2) is 5.96 Å². The van der Waals surface area contributed by atoms with E-state index in [4.69, 9.17) is 0 Å². The summed E-state index contributed by atoms with van der Waals surface area (Å²) >= 11 is 1.89. The molecule has 0 spiro atoms. The van der Waals surface area contributed by atoms with E-state index in [0.717, 1.165) is 25.0 Å². The minimum Gasteiger partial charge on any atom is -0.356 e. The van der Waals surface area contributed by atoms with Crippen LogP contribution in [0.25, 0.3) is 0 Å². The van der Waals surface area contributed by atoms with Crippen molar-refractivity contribution in [2.45, 2.75) is 32.2 Å². The summed E-state index contributed by atoms with van der Waals surface area (Å²) in [5.74, 6) is 2.33. The summed E-state index contributed by atoms with van der Waals surface area (Å²) < 4.78 is 0. The Labute approximate surface area is 162 Å². The lowest BCUT2D eigenvalue weighted by Gasteiger charge is -2.39. The van der Waals surface area contributed by atoms with E-state index in [1.807, 2.05) is 18.4 Å². The Bertz CT molecular complexity index is 559. The van der Waals surface area contributed by atoms with Crippen molar-refractivity contribution in [2.24, 2.45) is 16.8 Å². The average molecular weight is 378 g/mol. The smallest absolute Gasteiger partial charge is 0.190 e. The fraction of sp³-hybridized carbons (Fsp3) is 0.750. The molecular formula is C20H35N5S. The molecule has 0 aromatic carbocycles. The van der Waals surface area contributed by atoms with Gasteiger partial charge in [0.2, 0.25) is 0 Å². The predicted molar refractivity (Wildman–Crippen MR) is 112 cm³/mol. The lowest BCUT2D eigenvalue weighted by atomic mass is 9.88. The first kappa shape index (κ1) is 19.6. The molecule has 0 saturated carbocycles. The number of hydrogen-bond acceptors (Lipinski definition) is 4. The monoisotopic (exact) mass is 377 g/mol. The third kappa shape index (κ3) is 4.99. The summed E-state index contributed by atoms with van der Waals surface area (Å²) in [6.07, 6.45) is 3.86. The first-order valence-electron chi connectivity index (χ1n) is 10.1. The molecule has 0 radical (unpaired) electrons. The van der Waals surface area contributed by atoms with Gasteiger partial charge in [-0.15, -0.1) is 11.3 Å². The largest absolute Gasteiger partial charge is 0.356 e. The molecule has 0 aliphatic carbocycles. The lowest BCUT2D eigenvalue weighted by Crippen LogP contribution is -2.45. The number of aliphatic imine (C=N–C) groups is 1. The Morgan fingerprint density at radius 3 is 2.81 bits per heavy atom. The third-order valence-electron chi connectivity index (χ3n) is 5.97. The van der Waals surface area contributed by atoms with Crippen LogP contribution in [0.1, 0.15) is 37.1 Å². The summed E-state index contributed by atoms with van der Waals surface area (Å²) in [4.78, 5) is 11.0. The zero-order valence-electron chi connectivity index (χ0n) is 16.6. The van der Waals surface area contributed by atoms with Gasteiger partial charge in [-0.25, -0.2) is 0 Å². The predicted octanol–water partition coefficient (Wildman–Crippen LogP) is 2.64. The highest BCUT2D eigenvalue weighted by molar-refractivity contribution is 7.10. The molecule has 0 amide bonds. The maximum Gasteiger partial charge on any atom is 0.190 e. The molecule has 2 saturated heterocycles. The molecule has 3 atom stereocenters. The second-order valence-corrected chi connectivity index (χ2v) is 8.70. The molecule has 26 heavy (non-hydrogen) atoms. The maximum atomic E-state index is 4.45. The van der Waals surface area contributed by atoms with Crippen molar-refractivity contribution in [3.63, 3.8) is 0 Å². The summed E-state index contributed by atoms with van der Waals surface area (Å²) in [6.45, 7) is 9.08. The normalized spacial score (nSPS) is 28.4. The SMILES string of the molecule is CCN1CCC(CNC(=NC)NCC2CCCN(C)C2c2cccs2)C1. The summed E-state index contributed by atoms with van der Waals surface area (Å²) in [6, 6.07) is 4.99. The average Bonchev–Trinajstić information content (AvgIpc) is 3.33. The van der Waals surface area contributed by atoms with E-state index < -0.39 is 0 Å².